The molecule has 3 rings (SSSR count). The van der Waals surface area contributed by atoms with Crippen LogP contribution in [0.5, 0.6) is 0 Å². The zero-order chi connectivity index (χ0) is 16.9. The van der Waals surface area contributed by atoms with Gasteiger partial charge in [0.05, 0.1) is 11.9 Å². The van der Waals surface area contributed by atoms with Gasteiger partial charge >= 0.3 is 0 Å². The average Bonchev–Trinajstić information content (AvgIpc) is 3.06. The van der Waals surface area contributed by atoms with Crippen LogP contribution in [0.2, 0.25) is 0 Å². The van der Waals surface area contributed by atoms with Crippen LogP contribution in [0.15, 0.2) is 18.3 Å². The highest BCUT2D eigenvalue weighted by Gasteiger charge is 2.28. The number of hydrogen-bond donors (Lipinski definition) is 1. The van der Waals surface area contributed by atoms with Gasteiger partial charge in [0.1, 0.15) is 12.4 Å². The standard InChI is InChI=1S/C17H26FN5O/c1-21-7-4-15(13-21)23-10-8-22(9-11-23)14-2-3-16(20-12-14)17(24)19-6-5-18/h2-3,12,15H,4-11,13H2,1H3,(H,19,24). The monoisotopic (exact) mass is 335 g/mol. The number of halogens is 1. The Balaban J connectivity index is 1.52. The summed E-state index contributed by atoms with van der Waals surface area (Å²) in [6, 6.07) is 4.33. The van der Waals surface area contributed by atoms with Gasteiger partial charge in [-0.3, -0.25) is 9.69 Å². The molecule has 2 aliphatic heterocycles. The number of nitrogens with one attached hydrogen (secondary N) is 1. The van der Waals surface area contributed by atoms with Crippen LogP contribution in [0.4, 0.5) is 10.1 Å². The highest BCUT2D eigenvalue weighted by molar-refractivity contribution is 5.92. The molecule has 0 aliphatic carbocycles. The average molecular weight is 335 g/mol. The van der Waals surface area contributed by atoms with Gasteiger partial charge in [-0.1, -0.05) is 0 Å². The number of alkyl halides is 1. The van der Waals surface area contributed by atoms with Gasteiger partial charge < -0.3 is 15.1 Å². The summed E-state index contributed by atoms with van der Waals surface area (Å²) < 4.78 is 12.1. The molecule has 1 aromatic heterocycles. The van der Waals surface area contributed by atoms with Crippen molar-refractivity contribution >= 4 is 11.6 Å². The topological polar surface area (TPSA) is 51.7 Å². The van der Waals surface area contributed by atoms with Gasteiger partial charge in [0.25, 0.3) is 5.91 Å². The molecule has 0 saturated carbocycles. The van der Waals surface area contributed by atoms with Crippen molar-refractivity contribution in [2.24, 2.45) is 0 Å². The number of hydrogen-bond acceptors (Lipinski definition) is 5. The van der Waals surface area contributed by atoms with Crippen molar-refractivity contribution in [3.63, 3.8) is 0 Å². The first kappa shape index (κ1) is 17.1. The Hall–Kier alpha value is -1.73. The third-order valence-electron chi connectivity index (χ3n) is 4.92. The lowest BCUT2D eigenvalue weighted by Gasteiger charge is -2.39. The molecule has 2 fully saturated rings. The van der Waals surface area contributed by atoms with Crippen molar-refractivity contribution in [1.82, 2.24) is 20.1 Å². The second-order valence-corrected chi connectivity index (χ2v) is 6.57. The number of piperazine rings is 1. The summed E-state index contributed by atoms with van der Waals surface area (Å²) in [7, 11) is 2.19. The van der Waals surface area contributed by atoms with E-state index in [0.717, 1.165) is 31.9 Å². The Labute approximate surface area is 142 Å². The van der Waals surface area contributed by atoms with E-state index in [9.17, 15) is 9.18 Å². The quantitative estimate of drug-likeness (QED) is 0.854. The Morgan fingerprint density at radius 3 is 2.67 bits per heavy atom. The van der Waals surface area contributed by atoms with E-state index in [0.29, 0.717) is 11.7 Å². The molecule has 1 aromatic rings. The molecule has 2 aliphatic rings. The van der Waals surface area contributed by atoms with Crippen LogP contribution in [0.3, 0.4) is 0 Å². The maximum absolute atomic E-state index is 12.1. The van der Waals surface area contributed by atoms with Gasteiger partial charge in [-0.2, -0.15) is 0 Å². The number of likely N-dealkylation sites (tertiary alicyclic amines) is 1. The molecule has 132 valence electrons. The second-order valence-electron chi connectivity index (χ2n) is 6.57. The minimum absolute atomic E-state index is 0.0284. The van der Waals surface area contributed by atoms with E-state index < -0.39 is 6.67 Å². The highest BCUT2D eigenvalue weighted by Crippen LogP contribution is 2.20. The van der Waals surface area contributed by atoms with Crippen molar-refractivity contribution in [3.05, 3.63) is 24.0 Å². The third-order valence-corrected chi connectivity index (χ3v) is 4.92. The summed E-state index contributed by atoms with van der Waals surface area (Å²) in [6.45, 7) is 5.93. The van der Waals surface area contributed by atoms with Gasteiger partial charge in [-0.25, -0.2) is 9.37 Å². The zero-order valence-electron chi connectivity index (χ0n) is 14.2. The van der Waals surface area contributed by atoms with Crippen molar-refractivity contribution in [2.45, 2.75) is 12.5 Å². The van der Waals surface area contributed by atoms with E-state index >= 15 is 0 Å². The minimum Gasteiger partial charge on any atom is -0.368 e. The zero-order valence-corrected chi connectivity index (χ0v) is 14.2. The Bertz CT molecular complexity index is 544. The van der Waals surface area contributed by atoms with Gasteiger partial charge in [-0.15, -0.1) is 0 Å². The molecule has 6 nitrogen and oxygen atoms in total. The summed E-state index contributed by atoms with van der Waals surface area (Å²) >= 11 is 0. The van der Waals surface area contributed by atoms with Gasteiger partial charge in [-0.05, 0) is 32.1 Å². The summed E-state index contributed by atoms with van der Waals surface area (Å²) in [5.41, 5.74) is 1.38. The third kappa shape index (κ3) is 4.02. The van der Waals surface area contributed by atoms with Gasteiger partial charge in [0.15, 0.2) is 0 Å². The number of nitrogens with zero attached hydrogens (tertiary/aromatic N) is 4. The summed E-state index contributed by atoms with van der Waals surface area (Å²) in [5, 5.41) is 2.49. The van der Waals surface area contributed by atoms with Gasteiger partial charge in [0.2, 0.25) is 0 Å². The van der Waals surface area contributed by atoms with E-state index in [4.69, 9.17) is 0 Å². The number of carbonyl (C=O) groups excluding carboxylic acids is 1. The fourth-order valence-electron chi connectivity index (χ4n) is 3.51. The molecule has 0 spiro atoms. The molecule has 1 N–H and O–H groups in total. The molecule has 0 bridgehead atoms. The predicted molar refractivity (Wildman–Crippen MR) is 92.2 cm³/mol. The molecule has 24 heavy (non-hydrogen) atoms. The number of aromatic nitrogens is 1. The molecule has 2 saturated heterocycles. The van der Waals surface area contributed by atoms with Crippen molar-refractivity contribution in [2.75, 3.05) is 64.4 Å². The maximum atomic E-state index is 12.1. The first-order valence-electron chi connectivity index (χ1n) is 8.65. The SMILES string of the molecule is CN1CCC(N2CCN(c3ccc(C(=O)NCCF)nc3)CC2)C1. The number of anilines is 1. The summed E-state index contributed by atoms with van der Waals surface area (Å²) in [6.07, 6.45) is 3.00. The lowest BCUT2D eigenvalue weighted by atomic mass is 10.2. The van der Waals surface area contributed by atoms with Crippen LogP contribution in [0.1, 0.15) is 16.9 Å². The van der Waals surface area contributed by atoms with Crippen LogP contribution < -0.4 is 10.2 Å². The first-order valence-corrected chi connectivity index (χ1v) is 8.65. The molecule has 3 heterocycles. The van der Waals surface area contributed by atoms with Crippen molar-refractivity contribution in [3.8, 4) is 0 Å². The summed E-state index contributed by atoms with van der Waals surface area (Å²) in [5.74, 6) is -0.325. The minimum atomic E-state index is -0.565. The molecule has 0 radical (unpaired) electrons. The van der Waals surface area contributed by atoms with Crippen molar-refractivity contribution in [1.29, 1.82) is 0 Å². The summed E-state index contributed by atoms with van der Waals surface area (Å²) in [4.78, 5) is 23.3. The van der Waals surface area contributed by atoms with E-state index in [1.54, 1.807) is 12.3 Å². The van der Waals surface area contributed by atoms with Crippen LogP contribution in [0, 0.1) is 0 Å². The normalized spacial score (nSPS) is 22.8. The Kier molecular flexibility index (Phi) is 5.63. The maximum Gasteiger partial charge on any atom is 0.269 e. The van der Waals surface area contributed by atoms with Crippen LogP contribution in [-0.4, -0.2) is 86.3 Å². The van der Waals surface area contributed by atoms with E-state index in [2.05, 4.69) is 32.0 Å². The fourth-order valence-corrected chi connectivity index (χ4v) is 3.51. The van der Waals surface area contributed by atoms with E-state index in [1.165, 1.54) is 19.5 Å². The predicted octanol–water partition coefficient (Wildman–Crippen LogP) is 0.607. The smallest absolute Gasteiger partial charge is 0.269 e. The number of carbonyl (C=O) groups is 1. The number of pyridine rings is 1. The lowest BCUT2D eigenvalue weighted by Crippen LogP contribution is -2.51. The Morgan fingerprint density at radius 1 is 1.29 bits per heavy atom. The molecular weight excluding hydrogens is 309 g/mol. The number of amides is 1. The lowest BCUT2D eigenvalue weighted by molar-refractivity contribution is 0.0946. The fraction of sp³-hybridized carbons (Fsp3) is 0.647. The largest absolute Gasteiger partial charge is 0.368 e. The Morgan fingerprint density at radius 2 is 2.08 bits per heavy atom. The number of rotatable bonds is 5. The molecule has 0 aromatic carbocycles. The highest BCUT2D eigenvalue weighted by atomic mass is 19.1. The van der Waals surface area contributed by atoms with E-state index in [-0.39, 0.29) is 12.5 Å². The first-order chi connectivity index (χ1) is 11.7. The van der Waals surface area contributed by atoms with E-state index in [1.807, 2.05) is 6.07 Å². The van der Waals surface area contributed by atoms with Crippen molar-refractivity contribution < 1.29 is 9.18 Å². The molecule has 7 heteroatoms. The molecule has 1 unspecified atom stereocenters. The van der Waals surface area contributed by atoms with Gasteiger partial charge in [0, 0.05) is 45.3 Å². The van der Waals surface area contributed by atoms with Crippen LogP contribution in [-0.2, 0) is 0 Å². The second kappa shape index (κ2) is 7.90. The van der Waals surface area contributed by atoms with Crippen LogP contribution in [0.25, 0.3) is 0 Å². The number of likely N-dealkylation sites (N-methyl/N-ethyl adjacent to an activating group) is 1. The molecule has 1 amide bonds. The van der Waals surface area contributed by atoms with Crippen LogP contribution >= 0.6 is 0 Å². The molecular formula is C17H26FN5O. The molecule has 1 atom stereocenters.